The Morgan fingerprint density at radius 2 is 2.22 bits per heavy atom. The SMILES string of the molecule is CCCCOCCNCC(O)c1cccc(Br)c1. The van der Waals surface area contributed by atoms with Crippen molar-refractivity contribution in [2.75, 3.05) is 26.3 Å². The van der Waals surface area contributed by atoms with Gasteiger partial charge in [-0.25, -0.2) is 0 Å². The van der Waals surface area contributed by atoms with Gasteiger partial charge < -0.3 is 15.2 Å². The summed E-state index contributed by atoms with van der Waals surface area (Å²) in [5.74, 6) is 0. The molecule has 0 spiro atoms. The lowest BCUT2D eigenvalue weighted by Gasteiger charge is -2.12. The molecule has 0 aliphatic heterocycles. The second kappa shape index (κ2) is 9.50. The van der Waals surface area contributed by atoms with Gasteiger partial charge in [0, 0.05) is 24.2 Å². The van der Waals surface area contributed by atoms with E-state index in [1.807, 2.05) is 24.3 Å². The number of aliphatic hydroxyl groups is 1. The first kappa shape index (κ1) is 15.6. The second-order valence-electron chi connectivity index (χ2n) is 4.24. The summed E-state index contributed by atoms with van der Waals surface area (Å²) in [7, 11) is 0. The van der Waals surface area contributed by atoms with Gasteiger partial charge in [0.1, 0.15) is 0 Å². The van der Waals surface area contributed by atoms with Gasteiger partial charge in [-0.1, -0.05) is 41.4 Å². The molecule has 0 heterocycles. The minimum absolute atomic E-state index is 0.474. The van der Waals surface area contributed by atoms with Crippen LogP contribution in [0.3, 0.4) is 0 Å². The van der Waals surface area contributed by atoms with Gasteiger partial charge in [-0.2, -0.15) is 0 Å². The molecule has 3 nitrogen and oxygen atoms in total. The zero-order chi connectivity index (χ0) is 13.2. The van der Waals surface area contributed by atoms with E-state index < -0.39 is 6.10 Å². The normalized spacial score (nSPS) is 12.6. The number of halogens is 1. The van der Waals surface area contributed by atoms with E-state index in [2.05, 4.69) is 28.2 Å². The fourth-order valence-electron chi connectivity index (χ4n) is 1.56. The molecule has 1 aromatic rings. The molecule has 0 aliphatic rings. The second-order valence-corrected chi connectivity index (χ2v) is 5.16. The fourth-order valence-corrected chi connectivity index (χ4v) is 1.98. The van der Waals surface area contributed by atoms with Crippen LogP contribution in [0.5, 0.6) is 0 Å². The van der Waals surface area contributed by atoms with Crippen LogP contribution >= 0.6 is 15.9 Å². The van der Waals surface area contributed by atoms with Gasteiger partial charge in [0.25, 0.3) is 0 Å². The van der Waals surface area contributed by atoms with Gasteiger partial charge >= 0.3 is 0 Å². The van der Waals surface area contributed by atoms with Crippen LogP contribution in [0.2, 0.25) is 0 Å². The van der Waals surface area contributed by atoms with Crippen molar-refractivity contribution < 1.29 is 9.84 Å². The number of unbranched alkanes of at least 4 members (excludes halogenated alkanes) is 1. The Morgan fingerprint density at radius 1 is 1.39 bits per heavy atom. The van der Waals surface area contributed by atoms with Gasteiger partial charge in [-0.05, 0) is 24.1 Å². The standard InChI is InChI=1S/C14H22BrNO2/c1-2-3-8-18-9-7-16-11-14(17)12-5-4-6-13(15)10-12/h4-6,10,14,16-17H,2-3,7-9,11H2,1H3. The van der Waals surface area contributed by atoms with Crippen LogP contribution in [0, 0.1) is 0 Å². The summed E-state index contributed by atoms with van der Waals surface area (Å²) in [6.45, 7) is 5.00. The summed E-state index contributed by atoms with van der Waals surface area (Å²) >= 11 is 3.40. The predicted molar refractivity (Wildman–Crippen MR) is 77.7 cm³/mol. The molecule has 0 fully saturated rings. The molecule has 102 valence electrons. The molecule has 18 heavy (non-hydrogen) atoms. The van der Waals surface area contributed by atoms with Crippen LogP contribution in [0.4, 0.5) is 0 Å². The average Bonchev–Trinajstić information content (AvgIpc) is 2.37. The highest BCUT2D eigenvalue weighted by molar-refractivity contribution is 9.10. The van der Waals surface area contributed by atoms with Crippen LogP contribution in [0.25, 0.3) is 0 Å². The van der Waals surface area contributed by atoms with E-state index in [1.54, 1.807) is 0 Å². The van der Waals surface area contributed by atoms with Crippen molar-refractivity contribution >= 4 is 15.9 Å². The zero-order valence-corrected chi connectivity index (χ0v) is 12.4. The van der Waals surface area contributed by atoms with E-state index >= 15 is 0 Å². The number of rotatable bonds is 9. The molecule has 2 N–H and O–H groups in total. The first-order valence-corrected chi connectivity index (χ1v) is 7.25. The van der Waals surface area contributed by atoms with E-state index in [9.17, 15) is 5.11 Å². The first-order valence-electron chi connectivity index (χ1n) is 6.46. The molecule has 1 unspecified atom stereocenters. The third-order valence-corrected chi connectivity index (χ3v) is 3.13. The summed E-state index contributed by atoms with van der Waals surface area (Å²) in [6.07, 6.45) is 1.80. The summed E-state index contributed by atoms with van der Waals surface area (Å²) in [5.41, 5.74) is 0.920. The topological polar surface area (TPSA) is 41.5 Å². The van der Waals surface area contributed by atoms with Gasteiger partial charge in [-0.3, -0.25) is 0 Å². The number of aliphatic hydroxyl groups excluding tert-OH is 1. The summed E-state index contributed by atoms with van der Waals surface area (Å²) < 4.78 is 6.42. The fraction of sp³-hybridized carbons (Fsp3) is 0.571. The smallest absolute Gasteiger partial charge is 0.0914 e. The molecular formula is C14H22BrNO2. The van der Waals surface area contributed by atoms with Crippen molar-refractivity contribution in [1.29, 1.82) is 0 Å². The van der Waals surface area contributed by atoms with Gasteiger partial charge in [-0.15, -0.1) is 0 Å². The van der Waals surface area contributed by atoms with Crippen LogP contribution in [-0.2, 0) is 4.74 Å². The number of hydrogen-bond acceptors (Lipinski definition) is 3. The largest absolute Gasteiger partial charge is 0.387 e. The van der Waals surface area contributed by atoms with Crippen molar-refractivity contribution in [2.45, 2.75) is 25.9 Å². The highest BCUT2D eigenvalue weighted by Gasteiger charge is 2.06. The van der Waals surface area contributed by atoms with E-state index in [0.29, 0.717) is 13.2 Å². The quantitative estimate of drug-likeness (QED) is 0.688. The third kappa shape index (κ3) is 6.50. The van der Waals surface area contributed by atoms with Crippen LogP contribution < -0.4 is 5.32 Å². The lowest BCUT2D eigenvalue weighted by Crippen LogP contribution is -2.25. The Kier molecular flexibility index (Phi) is 8.25. The van der Waals surface area contributed by atoms with Crippen molar-refractivity contribution in [2.24, 2.45) is 0 Å². The lowest BCUT2D eigenvalue weighted by atomic mass is 10.1. The summed E-state index contributed by atoms with van der Waals surface area (Å²) in [4.78, 5) is 0. The van der Waals surface area contributed by atoms with Crippen molar-refractivity contribution in [3.05, 3.63) is 34.3 Å². The maximum Gasteiger partial charge on any atom is 0.0914 e. The maximum absolute atomic E-state index is 9.96. The molecule has 0 amide bonds. The molecule has 1 atom stereocenters. The Morgan fingerprint density at radius 3 is 2.94 bits per heavy atom. The molecule has 0 saturated carbocycles. The Bertz CT molecular complexity index is 333. The van der Waals surface area contributed by atoms with Gasteiger partial charge in [0.05, 0.1) is 12.7 Å². The van der Waals surface area contributed by atoms with E-state index in [4.69, 9.17) is 4.74 Å². The monoisotopic (exact) mass is 315 g/mol. The van der Waals surface area contributed by atoms with Gasteiger partial charge in [0.15, 0.2) is 0 Å². The molecule has 0 aromatic heterocycles. The Balaban J connectivity index is 2.12. The maximum atomic E-state index is 9.96. The van der Waals surface area contributed by atoms with Gasteiger partial charge in [0.2, 0.25) is 0 Å². The molecule has 1 rings (SSSR count). The third-order valence-electron chi connectivity index (χ3n) is 2.64. The number of ether oxygens (including phenoxy) is 1. The van der Waals surface area contributed by atoms with Crippen LogP contribution in [0.15, 0.2) is 28.7 Å². The van der Waals surface area contributed by atoms with E-state index in [0.717, 1.165) is 36.0 Å². The van der Waals surface area contributed by atoms with Crippen molar-refractivity contribution in [1.82, 2.24) is 5.32 Å². The predicted octanol–water partition coefficient (Wildman–Crippen LogP) is 2.89. The van der Waals surface area contributed by atoms with Crippen molar-refractivity contribution in [3.63, 3.8) is 0 Å². The zero-order valence-electron chi connectivity index (χ0n) is 10.9. The van der Waals surface area contributed by atoms with E-state index in [-0.39, 0.29) is 0 Å². The molecule has 1 aromatic carbocycles. The highest BCUT2D eigenvalue weighted by atomic mass is 79.9. The lowest BCUT2D eigenvalue weighted by molar-refractivity contribution is 0.125. The Labute approximate surface area is 118 Å². The highest BCUT2D eigenvalue weighted by Crippen LogP contribution is 2.17. The Hall–Kier alpha value is -0.420. The van der Waals surface area contributed by atoms with Crippen molar-refractivity contribution in [3.8, 4) is 0 Å². The van der Waals surface area contributed by atoms with Crippen LogP contribution in [0.1, 0.15) is 31.4 Å². The molecule has 0 saturated heterocycles. The van der Waals surface area contributed by atoms with Crippen LogP contribution in [-0.4, -0.2) is 31.4 Å². The molecule has 0 bridgehead atoms. The minimum atomic E-state index is -0.474. The molecule has 4 heteroatoms. The molecule has 0 radical (unpaired) electrons. The van der Waals surface area contributed by atoms with E-state index in [1.165, 1.54) is 0 Å². The summed E-state index contributed by atoms with van der Waals surface area (Å²) in [6, 6.07) is 7.74. The molecule has 0 aliphatic carbocycles. The molecular weight excluding hydrogens is 294 g/mol. The number of hydrogen-bond donors (Lipinski definition) is 2. The average molecular weight is 316 g/mol. The first-order chi connectivity index (χ1) is 8.74. The minimum Gasteiger partial charge on any atom is -0.387 e. The summed E-state index contributed by atoms with van der Waals surface area (Å²) in [5, 5.41) is 13.2. The number of benzene rings is 1. The number of nitrogens with one attached hydrogen (secondary N) is 1.